The molecule has 0 aromatic carbocycles. The first-order valence-corrected chi connectivity index (χ1v) is 6.79. The largest absolute Gasteiger partial charge is 0.480 e. The number of hydrogen-bond donors (Lipinski definition) is 2. The number of nitrogens with one attached hydrogen (secondary N) is 1. The molecule has 2 heterocycles. The van der Waals surface area contributed by atoms with E-state index in [1.807, 2.05) is 0 Å². The van der Waals surface area contributed by atoms with Crippen molar-refractivity contribution in [3.8, 4) is 0 Å². The van der Waals surface area contributed by atoms with Gasteiger partial charge < -0.3 is 15.2 Å². The molecule has 0 fully saturated rings. The molecule has 0 radical (unpaired) electrons. The molecule has 0 aliphatic rings. The number of carbonyl (C=O) groups is 2. The van der Waals surface area contributed by atoms with E-state index < -0.39 is 5.97 Å². The minimum absolute atomic E-state index is 0.148. The molecular formula is C11H13N5O4S. The van der Waals surface area contributed by atoms with Gasteiger partial charge in [-0.05, 0) is 0 Å². The van der Waals surface area contributed by atoms with Crippen molar-refractivity contribution in [3.05, 3.63) is 28.0 Å². The molecule has 0 aliphatic carbocycles. The van der Waals surface area contributed by atoms with Crippen LogP contribution >= 0.6 is 11.3 Å². The molecule has 0 unspecified atom stereocenters. The zero-order valence-electron chi connectivity index (χ0n) is 11.1. The Morgan fingerprint density at radius 1 is 1.52 bits per heavy atom. The molecule has 2 N–H and O–H groups in total. The molecule has 0 atom stereocenters. The Bertz CT molecular complexity index is 638. The molecule has 0 spiro atoms. The van der Waals surface area contributed by atoms with Crippen LogP contribution in [0.4, 0.5) is 0 Å². The number of aliphatic carboxylic acids is 1. The summed E-state index contributed by atoms with van der Waals surface area (Å²) in [6.45, 7) is 0.241. The number of thiazole rings is 1. The van der Waals surface area contributed by atoms with Crippen LogP contribution in [0.3, 0.4) is 0 Å². The summed E-state index contributed by atoms with van der Waals surface area (Å²) in [6.07, 6.45) is 1.46. The van der Waals surface area contributed by atoms with Crippen LogP contribution in [-0.2, 0) is 29.2 Å². The average molecular weight is 311 g/mol. The molecule has 2 aromatic heterocycles. The number of rotatable bonds is 7. The predicted molar refractivity (Wildman–Crippen MR) is 71.7 cm³/mol. The number of carboxylic acid groups (broad SMARTS) is 1. The second-order valence-electron chi connectivity index (χ2n) is 4.04. The summed E-state index contributed by atoms with van der Waals surface area (Å²) in [6, 6.07) is 0. The molecule has 2 rings (SSSR count). The van der Waals surface area contributed by atoms with Gasteiger partial charge in [-0.25, -0.2) is 9.67 Å². The van der Waals surface area contributed by atoms with E-state index in [2.05, 4.69) is 20.6 Å². The number of nitrogens with zero attached hydrogens (tertiary/aromatic N) is 4. The van der Waals surface area contributed by atoms with E-state index in [0.717, 1.165) is 5.01 Å². The highest BCUT2D eigenvalue weighted by Gasteiger charge is 2.11. The third kappa shape index (κ3) is 4.33. The lowest BCUT2D eigenvalue weighted by molar-refractivity contribution is -0.137. The highest BCUT2D eigenvalue weighted by molar-refractivity contribution is 7.09. The monoisotopic (exact) mass is 311 g/mol. The Morgan fingerprint density at radius 3 is 3.05 bits per heavy atom. The lowest BCUT2D eigenvalue weighted by Crippen LogP contribution is -2.23. The zero-order chi connectivity index (χ0) is 15.2. The SMILES string of the molecule is COCc1nc(C(=O)NCc2cn(CC(=O)O)nn2)cs1. The summed E-state index contributed by atoms with van der Waals surface area (Å²) in [4.78, 5) is 26.5. The number of amides is 1. The van der Waals surface area contributed by atoms with Gasteiger partial charge in [-0.1, -0.05) is 5.21 Å². The van der Waals surface area contributed by atoms with Crippen molar-refractivity contribution in [2.75, 3.05) is 7.11 Å². The normalized spacial score (nSPS) is 10.5. The van der Waals surface area contributed by atoms with E-state index >= 15 is 0 Å². The van der Waals surface area contributed by atoms with Crippen molar-refractivity contribution >= 4 is 23.2 Å². The Hall–Kier alpha value is -2.33. The maximum Gasteiger partial charge on any atom is 0.325 e. The van der Waals surface area contributed by atoms with Crippen molar-refractivity contribution < 1.29 is 19.4 Å². The van der Waals surface area contributed by atoms with Gasteiger partial charge in [0.1, 0.15) is 22.9 Å². The maximum absolute atomic E-state index is 11.9. The fourth-order valence-corrected chi connectivity index (χ4v) is 2.25. The van der Waals surface area contributed by atoms with Crippen molar-refractivity contribution in [1.82, 2.24) is 25.3 Å². The lowest BCUT2D eigenvalue weighted by Gasteiger charge is -1.99. The van der Waals surface area contributed by atoms with Crippen LogP contribution in [0.5, 0.6) is 0 Å². The molecule has 10 heteroatoms. The first-order chi connectivity index (χ1) is 10.1. The number of carbonyl (C=O) groups excluding carboxylic acids is 1. The molecule has 0 bridgehead atoms. The minimum atomic E-state index is -1.01. The van der Waals surface area contributed by atoms with Crippen molar-refractivity contribution in [3.63, 3.8) is 0 Å². The number of methoxy groups -OCH3 is 1. The Morgan fingerprint density at radius 2 is 2.33 bits per heavy atom. The zero-order valence-corrected chi connectivity index (χ0v) is 12.0. The fourth-order valence-electron chi connectivity index (χ4n) is 1.50. The van der Waals surface area contributed by atoms with Gasteiger partial charge in [-0.15, -0.1) is 16.4 Å². The first-order valence-electron chi connectivity index (χ1n) is 5.91. The molecule has 0 saturated carbocycles. The average Bonchev–Trinajstić information content (AvgIpc) is 3.05. The van der Waals surface area contributed by atoms with Crippen LogP contribution in [0.1, 0.15) is 21.2 Å². The van der Waals surface area contributed by atoms with E-state index in [-0.39, 0.29) is 19.0 Å². The summed E-state index contributed by atoms with van der Waals surface area (Å²) in [5, 5.41) is 21.0. The van der Waals surface area contributed by atoms with Gasteiger partial charge in [-0.2, -0.15) is 0 Å². The van der Waals surface area contributed by atoms with Crippen molar-refractivity contribution in [1.29, 1.82) is 0 Å². The molecule has 2 aromatic rings. The second-order valence-corrected chi connectivity index (χ2v) is 4.99. The first kappa shape index (κ1) is 15.1. The topological polar surface area (TPSA) is 119 Å². The van der Waals surface area contributed by atoms with Gasteiger partial charge in [0.25, 0.3) is 5.91 Å². The molecule has 0 saturated heterocycles. The van der Waals surface area contributed by atoms with E-state index in [9.17, 15) is 9.59 Å². The molecule has 9 nitrogen and oxygen atoms in total. The number of hydrogen-bond acceptors (Lipinski definition) is 7. The summed E-state index contributed by atoms with van der Waals surface area (Å²) in [7, 11) is 1.56. The standard InChI is InChI=1S/C11H13N5O4S/c1-20-5-9-13-8(6-21-9)11(19)12-2-7-3-16(15-14-7)4-10(17)18/h3,6H,2,4-5H2,1H3,(H,12,19)(H,17,18). The maximum atomic E-state index is 11.9. The Balaban J connectivity index is 1.88. The number of carboxylic acids is 1. The Kier molecular flexibility index (Phi) is 4.95. The van der Waals surface area contributed by atoms with Crippen LogP contribution in [0.2, 0.25) is 0 Å². The summed E-state index contributed by atoms with van der Waals surface area (Å²) in [5.41, 5.74) is 0.780. The van der Waals surface area contributed by atoms with Crippen LogP contribution in [0, 0.1) is 0 Å². The van der Waals surface area contributed by atoms with Gasteiger partial charge in [0.15, 0.2) is 0 Å². The smallest absolute Gasteiger partial charge is 0.325 e. The van der Waals surface area contributed by atoms with Gasteiger partial charge in [0.2, 0.25) is 0 Å². The second kappa shape index (κ2) is 6.90. The minimum Gasteiger partial charge on any atom is -0.480 e. The molecular weight excluding hydrogens is 298 g/mol. The van der Waals surface area contributed by atoms with Crippen molar-refractivity contribution in [2.45, 2.75) is 19.7 Å². The van der Waals surface area contributed by atoms with E-state index in [1.165, 1.54) is 22.2 Å². The summed E-state index contributed by atoms with van der Waals surface area (Å²) < 4.78 is 6.12. The van der Waals surface area contributed by atoms with Gasteiger partial charge in [0, 0.05) is 12.5 Å². The highest BCUT2D eigenvalue weighted by atomic mass is 32.1. The van der Waals surface area contributed by atoms with Gasteiger partial charge in [-0.3, -0.25) is 9.59 Å². The van der Waals surface area contributed by atoms with Crippen LogP contribution < -0.4 is 5.32 Å². The molecule has 112 valence electrons. The molecule has 21 heavy (non-hydrogen) atoms. The highest BCUT2D eigenvalue weighted by Crippen LogP contribution is 2.10. The number of ether oxygens (including phenoxy) is 1. The van der Waals surface area contributed by atoms with Crippen LogP contribution in [0.25, 0.3) is 0 Å². The Labute approximate surface area is 123 Å². The molecule has 1 amide bonds. The lowest BCUT2D eigenvalue weighted by atomic mass is 10.4. The summed E-state index contributed by atoms with van der Waals surface area (Å²) in [5.74, 6) is -1.34. The fraction of sp³-hybridized carbons (Fsp3) is 0.364. The van der Waals surface area contributed by atoms with Crippen LogP contribution in [-0.4, -0.2) is 44.1 Å². The van der Waals surface area contributed by atoms with E-state index in [1.54, 1.807) is 12.5 Å². The predicted octanol–water partition coefficient (Wildman–Crippen LogP) is -0.104. The third-order valence-electron chi connectivity index (χ3n) is 2.37. The molecule has 0 aliphatic heterocycles. The van der Waals surface area contributed by atoms with Gasteiger partial charge >= 0.3 is 5.97 Å². The van der Waals surface area contributed by atoms with Gasteiger partial charge in [0.05, 0.1) is 19.3 Å². The van der Waals surface area contributed by atoms with Crippen LogP contribution in [0.15, 0.2) is 11.6 Å². The number of aromatic nitrogens is 4. The third-order valence-corrected chi connectivity index (χ3v) is 3.19. The van der Waals surface area contributed by atoms with E-state index in [0.29, 0.717) is 18.0 Å². The van der Waals surface area contributed by atoms with E-state index in [4.69, 9.17) is 9.84 Å². The van der Waals surface area contributed by atoms with Crippen molar-refractivity contribution in [2.24, 2.45) is 0 Å². The summed E-state index contributed by atoms with van der Waals surface area (Å²) >= 11 is 1.34. The quantitative estimate of drug-likeness (QED) is 0.732.